The summed E-state index contributed by atoms with van der Waals surface area (Å²) in [5.74, 6) is 0. The van der Waals surface area contributed by atoms with Crippen LogP contribution < -0.4 is 5.32 Å². The first-order valence-electron chi connectivity index (χ1n) is 10.3. The maximum atomic E-state index is 12.7. The zero-order valence-electron chi connectivity index (χ0n) is 17.1. The van der Waals surface area contributed by atoms with Crippen LogP contribution in [0.2, 0.25) is 5.02 Å². The van der Waals surface area contributed by atoms with Gasteiger partial charge >= 0.3 is 6.03 Å². The normalized spacial score (nSPS) is 15.6. The van der Waals surface area contributed by atoms with Crippen LogP contribution in [0.25, 0.3) is 0 Å². The zero-order chi connectivity index (χ0) is 20.9. The summed E-state index contributed by atoms with van der Waals surface area (Å²) < 4.78 is 0. The second-order valence-electron chi connectivity index (χ2n) is 7.69. The van der Waals surface area contributed by atoms with Crippen molar-refractivity contribution in [3.63, 3.8) is 0 Å². The molecule has 2 amide bonds. The van der Waals surface area contributed by atoms with E-state index in [-0.39, 0.29) is 12.1 Å². The highest BCUT2D eigenvalue weighted by Crippen LogP contribution is 2.30. The third-order valence-corrected chi connectivity index (χ3v) is 5.79. The van der Waals surface area contributed by atoms with E-state index in [1.54, 1.807) is 0 Å². The van der Waals surface area contributed by atoms with E-state index in [1.165, 1.54) is 11.1 Å². The van der Waals surface area contributed by atoms with Crippen LogP contribution in [0, 0.1) is 6.92 Å². The molecule has 3 aromatic rings. The number of amides is 2. The molecule has 1 aliphatic heterocycles. The molecule has 0 radical (unpaired) electrons. The van der Waals surface area contributed by atoms with E-state index in [0.717, 1.165) is 29.4 Å². The number of benzene rings is 3. The van der Waals surface area contributed by atoms with Crippen molar-refractivity contribution in [2.75, 3.05) is 31.5 Å². The average Bonchev–Trinajstić information content (AvgIpc) is 2.76. The van der Waals surface area contributed by atoms with Crippen molar-refractivity contribution in [3.8, 4) is 0 Å². The Morgan fingerprint density at radius 1 is 0.867 bits per heavy atom. The SMILES string of the molecule is Cc1cccc(NC(=O)N2CCN([C@@H](c3ccccc3)c3ccc(Cl)cc3)CC2)c1. The summed E-state index contributed by atoms with van der Waals surface area (Å²) >= 11 is 6.11. The minimum atomic E-state index is -0.0389. The lowest BCUT2D eigenvalue weighted by molar-refractivity contribution is 0.126. The molecular formula is C25H26ClN3O. The number of urea groups is 1. The molecule has 4 nitrogen and oxygen atoms in total. The molecule has 30 heavy (non-hydrogen) atoms. The van der Waals surface area contributed by atoms with Gasteiger partial charge in [0.15, 0.2) is 0 Å². The molecular weight excluding hydrogens is 394 g/mol. The molecule has 0 aliphatic carbocycles. The molecule has 0 saturated carbocycles. The molecule has 0 aromatic heterocycles. The first kappa shape index (κ1) is 20.5. The minimum Gasteiger partial charge on any atom is -0.322 e. The summed E-state index contributed by atoms with van der Waals surface area (Å²) in [6.07, 6.45) is 0. The van der Waals surface area contributed by atoms with Gasteiger partial charge < -0.3 is 10.2 Å². The van der Waals surface area contributed by atoms with Crippen LogP contribution in [-0.2, 0) is 0 Å². The van der Waals surface area contributed by atoms with Crippen molar-refractivity contribution in [3.05, 3.63) is 101 Å². The number of aryl methyl sites for hydroxylation is 1. The summed E-state index contributed by atoms with van der Waals surface area (Å²) in [5.41, 5.74) is 4.43. The molecule has 1 N–H and O–H groups in total. The first-order chi connectivity index (χ1) is 14.6. The molecule has 1 heterocycles. The third kappa shape index (κ3) is 4.84. The van der Waals surface area contributed by atoms with Gasteiger partial charge in [-0.1, -0.05) is 66.2 Å². The highest BCUT2D eigenvalue weighted by molar-refractivity contribution is 6.30. The molecule has 0 spiro atoms. The Bertz CT molecular complexity index is 983. The summed E-state index contributed by atoms with van der Waals surface area (Å²) in [4.78, 5) is 17.0. The number of halogens is 1. The van der Waals surface area contributed by atoms with Gasteiger partial charge in [0.05, 0.1) is 6.04 Å². The summed E-state index contributed by atoms with van der Waals surface area (Å²) in [5, 5.41) is 3.76. The van der Waals surface area contributed by atoms with E-state index < -0.39 is 0 Å². The number of anilines is 1. The van der Waals surface area contributed by atoms with E-state index in [2.05, 4.69) is 46.6 Å². The van der Waals surface area contributed by atoms with E-state index in [4.69, 9.17) is 11.6 Å². The lowest BCUT2D eigenvalue weighted by atomic mass is 9.96. The van der Waals surface area contributed by atoms with Crippen LogP contribution in [0.1, 0.15) is 22.7 Å². The fourth-order valence-corrected chi connectivity index (χ4v) is 4.13. The van der Waals surface area contributed by atoms with Gasteiger partial charge in [-0.2, -0.15) is 0 Å². The number of rotatable bonds is 4. The predicted molar refractivity (Wildman–Crippen MR) is 123 cm³/mol. The Kier molecular flexibility index (Phi) is 6.36. The number of carbonyl (C=O) groups excluding carboxylic acids is 1. The van der Waals surface area contributed by atoms with Gasteiger partial charge in [-0.3, -0.25) is 4.90 Å². The van der Waals surface area contributed by atoms with Crippen LogP contribution in [0.5, 0.6) is 0 Å². The summed E-state index contributed by atoms with van der Waals surface area (Å²) in [7, 11) is 0. The lowest BCUT2D eigenvalue weighted by Gasteiger charge is -2.39. The van der Waals surface area contributed by atoms with Crippen LogP contribution in [0.4, 0.5) is 10.5 Å². The van der Waals surface area contributed by atoms with E-state index in [0.29, 0.717) is 13.1 Å². The number of nitrogens with one attached hydrogen (secondary N) is 1. The number of hydrogen-bond acceptors (Lipinski definition) is 2. The Morgan fingerprint density at radius 3 is 2.20 bits per heavy atom. The number of hydrogen-bond donors (Lipinski definition) is 1. The van der Waals surface area contributed by atoms with Crippen molar-refractivity contribution in [1.29, 1.82) is 0 Å². The van der Waals surface area contributed by atoms with Crippen LogP contribution in [0.15, 0.2) is 78.9 Å². The minimum absolute atomic E-state index is 0.0389. The van der Waals surface area contributed by atoms with Crippen molar-refractivity contribution in [2.45, 2.75) is 13.0 Å². The van der Waals surface area contributed by atoms with Gasteiger partial charge in [0, 0.05) is 36.9 Å². The number of piperazine rings is 1. The third-order valence-electron chi connectivity index (χ3n) is 5.54. The van der Waals surface area contributed by atoms with Crippen LogP contribution >= 0.6 is 11.6 Å². The van der Waals surface area contributed by atoms with Crippen molar-refractivity contribution in [2.24, 2.45) is 0 Å². The van der Waals surface area contributed by atoms with Crippen molar-refractivity contribution in [1.82, 2.24) is 9.80 Å². The predicted octanol–water partition coefficient (Wildman–Crippen LogP) is 5.59. The second kappa shape index (κ2) is 9.33. The number of nitrogens with zero attached hydrogens (tertiary/aromatic N) is 2. The molecule has 1 aliphatic rings. The standard InChI is InChI=1S/C25H26ClN3O/c1-19-6-5-9-23(18-19)27-25(30)29-16-14-28(15-17-29)24(20-7-3-2-4-8-20)21-10-12-22(26)13-11-21/h2-13,18,24H,14-17H2,1H3,(H,27,30)/t24-/m0/s1. The van der Waals surface area contributed by atoms with E-state index in [1.807, 2.05) is 54.3 Å². The smallest absolute Gasteiger partial charge is 0.321 e. The molecule has 154 valence electrons. The lowest BCUT2D eigenvalue weighted by Crippen LogP contribution is -2.51. The Balaban J connectivity index is 1.46. The summed E-state index contributed by atoms with van der Waals surface area (Å²) in [6.45, 7) is 5.02. The Morgan fingerprint density at radius 2 is 1.53 bits per heavy atom. The van der Waals surface area contributed by atoms with Crippen LogP contribution in [-0.4, -0.2) is 42.0 Å². The fourth-order valence-electron chi connectivity index (χ4n) is 4.00. The zero-order valence-corrected chi connectivity index (χ0v) is 17.8. The van der Waals surface area contributed by atoms with Gasteiger partial charge in [-0.15, -0.1) is 0 Å². The number of carbonyl (C=O) groups is 1. The van der Waals surface area contributed by atoms with Gasteiger partial charge in [0.2, 0.25) is 0 Å². The van der Waals surface area contributed by atoms with Crippen molar-refractivity contribution >= 4 is 23.3 Å². The molecule has 0 unspecified atom stereocenters. The average molecular weight is 420 g/mol. The second-order valence-corrected chi connectivity index (χ2v) is 8.12. The fraction of sp³-hybridized carbons (Fsp3) is 0.240. The molecule has 4 rings (SSSR count). The molecule has 5 heteroatoms. The maximum absolute atomic E-state index is 12.7. The van der Waals surface area contributed by atoms with Crippen molar-refractivity contribution < 1.29 is 4.79 Å². The largest absolute Gasteiger partial charge is 0.322 e. The van der Waals surface area contributed by atoms with Gasteiger partial charge in [0.1, 0.15) is 0 Å². The molecule has 1 saturated heterocycles. The highest BCUT2D eigenvalue weighted by Gasteiger charge is 2.28. The van der Waals surface area contributed by atoms with Gasteiger partial charge in [0.25, 0.3) is 0 Å². The molecule has 1 atom stereocenters. The quantitative estimate of drug-likeness (QED) is 0.598. The summed E-state index contributed by atoms with van der Waals surface area (Å²) in [6, 6.07) is 26.6. The maximum Gasteiger partial charge on any atom is 0.321 e. The monoisotopic (exact) mass is 419 g/mol. The Labute approximate surface area is 183 Å². The molecule has 1 fully saturated rings. The van der Waals surface area contributed by atoms with E-state index in [9.17, 15) is 4.79 Å². The van der Waals surface area contributed by atoms with Crippen LogP contribution in [0.3, 0.4) is 0 Å². The molecule has 3 aromatic carbocycles. The Hall–Kier alpha value is -2.82. The highest BCUT2D eigenvalue weighted by atomic mass is 35.5. The van der Waals surface area contributed by atoms with E-state index >= 15 is 0 Å². The van der Waals surface area contributed by atoms with Gasteiger partial charge in [-0.25, -0.2) is 4.79 Å². The first-order valence-corrected chi connectivity index (χ1v) is 10.6. The topological polar surface area (TPSA) is 35.6 Å². The molecule has 0 bridgehead atoms. The van der Waals surface area contributed by atoms with Gasteiger partial charge in [-0.05, 0) is 47.9 Å².